The first kappa shape index (κ1) is 18.4. The molecule has 6 nitrogen and oxygen atoms in total. The molecule has 0 unspecified atom stereocenters. The summed E-state index contributed by atoms with van der Waals surface area (Å²) in [4.78, 5) is 27.8. The Morgan fingerprint density at radius 3 is 2.62 bits per heavy atom. The Kier molecular flexibility index (Phi) is 7.21. The van der Waals surface area contributed by atoms with Gasteiger partial charge in [-0.15, -0.1) is 0 Å². The van der Waals surface area contributed by atoms with E-state index in [2.05, 4.69) is 10.2 Å². The van der Waals surface area contributed by atoms with Crippen LogP contribution in [-0.4, -0.2) is 67.6 Å². The monoisotopic (exact) mass is 333 g/mol. The molecular weight excluding hydrogens is 306 g/mol. The molecule has 1 heterocycles. The number of morpholine rings is 1. The zero-order valence-corrected chi connectivity index (χ0v) is 14.6. The molecule has 1 fully saturated rings. The number of hydrogen-bond donors (Lipinski definition) is 1. The topological polar surface area (TPSA) is 61.9 Å². The number of nitrogens with zero attached hydrogens (tertiary/aromatic N) is 2. The van der Waals surface area contributed by atoms with E-state index >= 15 is 0 Å². The summed E-state index contributed by atoms with van der Waals surface area (Å²) in [6.07, 6.45) is 0. The van der Waals surface area contributed by atoms with Crippen molar-refractivity contribution in [1.29, 1.82) is 0 Å². The van der Waals surface area contributed by atoms with Crippen LogP contribution in [0.3, 0.4) is 0 Å². The highest BCUT2D eigenvalue weighted by Crippen LogP contribution is 2.06. The molecule has 24 heavy (non-hydrogen) atoms. The Balaban J connectivity index is 1.77. The molecule has 0 aliphatic carbocycles. The zero-order valence-electron chi connectivity index (χ0n) is 14.6. The first-order valence-corrected chi connectivity index (χ1v) is 8.43. The van der Waals surface area contributed by atoms with Gasteiger partial charge in [0.15, 0.2) is 0 Å². The van der Waals surface area contributed by atoms with E-state index < -0.39 is 0 Å². The molecule has 1 aliphatic heterocycles. The van der Waals surface area contributed by atoms with Crippen LogP contribution in [0.2, 0.25) is 0 Å². The highest BCUT2D eigenvalue weighted by molar-refractivity contribution is 5.83. The molecule has 132 valence electrons. The van der Waals surface area contributed by atoms with E-state index in [0.717, 1.165) is 44.0 Å². The number of carbonyl (C=O) groups is 2. The van der Waals surface area contributed by atoms with Crippen molar-refractivity contribution in [3.8, 4) is 0 Å². The second kappa shape index (κ2) is 9.39. The molecule has 1 aromatic carbocycles. The molecule has 1 aromatic rings. The normalized spacial score (nSPS) is 15.1. The van der Waals surface area contributed by atoms with Crippen molar-refractivity contribution in [2.75, 3.05) is 45.9 Å². The van der Waals surface area contributed by atoms with Crippen LogP contribution in [0.1, 0.15) is 18.1 Å². The summed E-state index contributed by atoms with van der Waals surface area (Å²) in [5.41, 5.74) is 2.24. The van der Waals surface area contributed by atoms with E-state index in [-0.39, 0.29) is 18.4 Å². The van der Waals surface area contributed by atoms with Gasteiger partial charge in [-0.1, -0.05) is 24.3 Å². The third kappa shape index (κ3) is 5.94. The Labute approximate surface area is 143 Å². The fourth-order valence-corrected chi connectivity index (χ4v) is 2.67. The molecular formula is C18H27N3O3. The van der Waals surface area contributed by atoms with Crippen LogP contribution in [0, 0.1) is 6.92 Å². The van der Waals surface area contributed by atoms with Crippen molar-refractivity contribution in [1.82, 2.24) is 15.1 Å². The number of carbonyl (C=O) groups excluding carboxylic acids is 2. The van der Waals surface area contributed by atoms with E-state index in [0.29, 0.717) is 13.1 Å². The molecule has 0 aromatic heterocycles. The Morgan fingerprint density at radius 2 is 1.96 bits per heavy atom. The van der Waals surface area contributed by atoms with E-state index in [9.17, 15) is 9.59 Å². The number of ether oxygens (including phenoxy) is 1. The number of rotatable bonds is 7. The van der Waals surface area contributed by atoms with Crippen LogP contribution in [0.4, 0.5) is 0 Å². The summed E-state index contributed by atoms with van der Waals surface area (Å²) in [5.74, 6) is -0.204. The van der Waals surface area contributed by atoms with Crippen molar-refractivity contribution < 1.29 is 14.3 Å². The minimum Gasteiger partial charge on any atom is -0.379 e. The van der Waals surface area contributed by atoms with Crippen LogP contribution >= 0.6 is 0 Å². The van der Waals surface area contributed by atoms with Crippen LogP contribution in [0.15, 0.2) is 24.3 Å². The van der Waals surface area contributed by atoms with Crippen LogP contribution < -0.4 is 5.32 Å². The first-order chi connectivity index (χ1) is 11.6. The maximum atomic E-state index is 12.2. The summed E-state index contributed by atoms with van der Waals surface area (Å²) in [5, 5.41) is 2.90. The lowest BCUT2D eigenvalue weighted by Crippen LogP contribution is -2.45. The average molecular weight is 333 g/mol. The van der Waals surface area contributed by atoms with Gasteiger partial charge in [0.05, 0.1) is 19.8 Å². The lowest BCUT2D eigenvalue weighted by atomic mass is 10.1. The summed E-state index contributed by atoms with van der Waals surface area (Å²) >= 11 is 0. The van der Waals surface area contributed by atoms with Crippen molar-refractivity contribution in [2.45, 2.75) is 20.4 Å². The van der Waals surface area contributed by atoms with Gasteiger partial charge in [-0.25, -0.2) is 0 Å². The molecule has 6 heteroatoms. The number of amides is 2. The third-order valence-corrected chi connectivity index (χ3v) is 4.31. The van der Waals surface area contributed by atoms with Crippen LogP contribution in [0.5, 0.6) is 0 Å². The predicted molar refractivity (Wildman–Crippen MR) is 92.5 cm³/mol. The lowest BCUT2D eigenvalue weighted by molar-refractivity contribution is -0.134. The fourth-order valence-electron chi connectivity index (χ4n) is 2.67. The van der Waals surface area contributed by atoms with Crippen LogP contribution in [-0.2, 0) is 20.9 Å². The molecule has 0 spiro atoms. The number of hydrogen-bond acceptors (Lipinski definition) is 4. The Hall–Kier alpha value is -1.92. The van der Waals surface area contributed by atoms with Gasteiger partial charge in [0.25, 0.3) is 0 Å². The van der Waals surface area contributed by atoms with Gasteiger partial charge >= 0.3 is 0 Å². The average Bonchev–Trinajstić information content (AvgIpc) is 2.58. The van der Waals surface area contributed by atoms with Gasteiger partial charge in [-0.3, -0.25) is 14.5 Å². The number of benzene rings is 1. The highest BCUT2D eigenvalue weighted by atomic mass is 16.5. The minimum atomic E-state index is -0.129. The molecule has 2 rings (SSSR count). The molecule has 1 aliphatic rings. The molecule has 0 radical (unpaired) electrons. The van der Waals surface area contributed by atoms with Gasteiger partial charge in [-0.05, 0) is 18.1 Å². The van der Waals surface area contributed by atoms with Crippen molar-refractivity contribution in [3.63, 3.8) is 0 Å². The molecule has 1 N–H and O–H groups in total. The predicted octanol–water partition coefficient (Wildman–Crippen LogP) is 0.792. The van der Waals surface area contributed by atoms with Crippen molar-refractivity contribution in [2.24, 2.45) is 0 Å². The maximum absolute atomic E-state index is 12.2. The summed E-state index contributed by atoms with van der Waals surface area (Å²) < 4.78 is 5.32. The smallest absolute Gasteiger partial charge is 0.239 e. The van der Waals surface area contributed by atoms with E-state index in [1.807, 2.05) is 31.2 Å². The highest BCUT2D eigenvalue weighted by Gasteiger charge is 2.16. The van der Waals surface area contributed by atoms with Gasteiger partial charge in [0.2, 0.25) is 11.8 Å². The van der Waals surface area contributed by atoms with E-state index in [1.165, 1.54) is 6.92 Å². The summed E-state index contributed by atoms with van der Waals surface area (Å²) in [7, 11) is 0. The first-order valence-electron chi connectivity index (χ1n) is 8.43. The molecule has 0 atom stereocenters. The zero-order chi connectivity index (χ0) is 17.4. The lowest BCUT2D eigenvalue weighted by Gasteiger charge is -2.29. The van der Waals surface area contributed by atoms with E-state index in [1.54, 1.807) is 4.90 Å². The standard InChI is InChI=1S/C18H27N3O3/c1-15-5-3-4-6-17(15)13-19-18(23)14-21(16(2)22)8-7-20-9-11-24-12-10-20/h3-6H,7-14H2,1-2H3,(H,19,23). The number of nitrogens with one attached hydrogen (secondary N) is 1. The molecule has 2 amide bonds. The SMILES string of the molecule is CC(=O)N(CCN1CCOCC1)CC(=O)NCc1ccccc1C. The molecule has 1 saturated heterocycles. The summed E-state index contributed by atoms with van der Waals surface area (Å²) in [6, 6.07) is 7.95. The second-order valence-electron chi connectivity index (χ2n) is 6.10. The van der Waals surface area contributed by atoms with Crippen LogP contribution in [0.25, 0.3) is 0 Å². The maximum Gasteiger partial charge on any atom is 0.239 e. The van der Waals surface area contributed by atoms with Crippen molar-refractivity contribution in [3.05, 3.63) is 35.4 Å². The minimum absolute atomic E-state index is 0.0747. The molecule has 0 saturated carbocycles. The second-order valence-corrected chi connectivity index (χ2v) is 6.10. The van der Waals surface area contributed by atoms with E-state index in [4.69, 9.17) is 4.74 Å². The third-order valence-electron chi connectivity index (χ3n) is 4.31. The Bertz CT molecular complexity index is 556. The fraction of sp³-hybridized carbons (Fsp3) is 0.556. The van der Waals surface area contributed by atoms with Gasteiger partial charge in [-0.2, -0.15) is 0 Å². The van der Waals surface area contributed by atoms with Gasteiger partial charge in [0.1, 0.15) is 0 Å². The summed E-state index contributed by atoms with van der Waals surface area (Å²) in [6.45, 7) is 8.68. The quantitative estimate of drug-likeness (QED) is 0.801. The molecule has 0 bridgehead atoms. The van der Waals surface area contributed by atoms with Crippen molar-refractivity contribution >= 4 is 11.8 Å². The van der Waals surface area contributed by atoms with Gasteiger partial charge in [0, 0.05) is 39.6 Å². The number of aryl methyl sites for hydroxylation is 1. The Morgan fingerprint density at radius 1 is 1.25 bits per heavy atom. The van der Waals surface area contributed by atoms with Gasteiger partial charge < -0.3 is 15.0 Å². The largest absolute Gasteiger partial charge is 0.379 e.